The Morgan fingerprint density at radius 3 is 2.93 bits per heavy atom. The largest absolute Gasteiger partial charge is 0.366 e. The molecule has 0 atom stereocenters. The molecule has 1 aliphatic heterocycles. The summed E-state index contributed by atoms with van der Waals surface area (Å²) in [6.07, 6.45) is 0.667. The van der Waals surface area contributed by atoms with Crippen molar-refractivity contribution in [3.8, 4) is 0 Å². The molecule has 1 aromatic carbocycles. The Morgan fingerprint density at radius 1 is 1.43 bits per heavy atom. The molecule has 4 nitrogen and oxygen atoms in total. The van der Waals surface area contributed by atoms with Crippen LogP contribution in [0.1, 0.15) is 26.3 Å². The molecule has 1 aliphatic rings. The molecule has 1 heterocycles. The Morgan fingerprint density at radius 2 is 2.21 bits per heavy atom. The molecule has 14 heavy (non-hydrogen) atoms. The normalized spacial score (nSPS) is 14.4. The fourth-order valence-corrected chi connectivity index (χ4v) is 1.70. The summed E-state index contributed by atoms with van der Waals surface area (Å²) in [5.74, 6) is -0.606. The van der Waals surface area contributed by atoms with E-state index in [0.29, 0.717) is 24.1 Å². The van der Waals surface area contributed by atoms with E-state index in [1.54, 1.807) is 18.2 Å². The fraction of sp³-hybridized carbons (Fsp3) is 0.200. The van der Waals surface area contributed by atoms with E-state index >= 15 is 0 Å². The van der Waals surface area contributed by atoms with Gasteiger partial charge in [-0.25, -0.2) is 0 Å². The molecule has 0 aliphatic carbocycles. The van der Waals surface area contributed by atoms with E-state index in [0.717, 1.165) is 5.56 Å². The molecule has 4 heteroatoms. The highest BCUT2D eigenvalue weighted by molar-refractivity contribution is 6.02. The van der Waals surface area contributed by atoms with E-state index in [2.05, 4.69) is 5.32 Å². The lowest BCUT2D eigenvalue weighted by atomic mass is 9.95. The number of primary amides is 1. The predicted octanol–water partition coefficient (Wildman–Crippen LogP) is 0.0714. The Kier molecular flexibility index (Phi) is 1.96. The zero-order chi connectivity index (χ0) is 10.1. The van der Waals surface area contributed by atoms with E-state index in [9.17, 15) is 9.59 Å². The van der Waals surface area contributed by atoms with Crippen molar-refractivity contribution in [1.29, 1.82) is 0 Å². The van der Waals surface area contributed by atoms with Gasteiger partial charge in [-0.15, -0.1) is 0 Å². The van der Waals surface area contributed by atoms with Gasteiger partial charge in [0.1, 0.15) is 0 Å². The molecule has 0 bridgehead atoms. The number of hydrogen-bond acceptors (Lipinski definition) is 2. The molecular weight excluding hydrogens is 180 g/mol. The predicted molar refractivity (Wildman–Crippen MR) is 51.0 cm³/mol. The minimum Gasteiger partial charge on any atom is -0.366 e. The van der Waals surface area contributed by atoms with Crippen LogP contribution in [0.2, 0.25) is 0 Å². The highest BCUT2D eigenvalue weighted by Gasteiger charge is 2.20. The van der Waals surface area contributed by atoms with E-state index < -0.39 is 5.91 Å². The Balaban J connectivity index is 2.60. The van der Waals surface area contributed by atoms with Crippen LogP contribution in [0.5, 0.6) is 0 Å². The fourth-order valence-electron chi connectivity index (χ4n) is 1.70. The minimum atomic E-state index is -0.475. The van der Waals surface area contributed by atoms with Crippen LogP contribution in [-0.4, -0.2) is 18.4 Å². The standard InChI is InChI=1S/C10H10N2O2/c11-9(13)7-2-1-3-8-6(7)4-5-12-10(8)14/h1-3H,4-5H2,(H2,11,13)(H,12,14). The summed E-state index contributed by atoms with van der Waals surface area (Å²) in [6.45, 7) is 0.566. The third-order valence-corrected chi connectivity index (χ3v) is 2.35. The summed E-state index contributed by atoms with van der Waals surface area (Å²) in [6, 6.07) is 5.03. The number of benzene rings is 1. The summed E-state index contributed by atoms with van der Waals surface area (Å²) in [7, 11) is 0. The van der Waals surface area contributed by atoms with E-state index in [4.69, 9.17) is 5.73 Å². The monoisotopic (exact) mass is 190 g/mol. The van der Waals surface area contributed by atoms with Gasteiger partial charge in [0.2, 0.25) is 5.91 Å². The second kappa shape index (κ2) is 3.14. The first-order chi connectivity index (χ1) is 6.70. The van der Waals surface area contributed by atoms with Crippen LogP contribution in [0.4, 0.5) is 0 Å². The van der Waals surface area contributed by atoms with Crippen LogP contribution in [0.15, 0.2) is 18.2 Å². The molecule has 0 radical (unpaired) electrons. The third kappa shape index (κ3) is 1.25. The smallest absolute Gasteiger partial charge is 0.251 e. The summed E-state index contributed by atoms with van der Waals surface area (Å²) in [5, 5.41) is 2.71. The minimum absolute atomic E-state index is 0.130. The molecule has 0 spiro atoms. The van der Waals surface area contributed by atoms with Gasteiger partial charge in [0.15, 0.2) is 0 Å². The molecule has 0 aromatic heterocycles. The van der Waals surface area contributed by atoms with Gasteiger partial charge in [-0.05, 0) is 24.1 Å². The first-order valence-electron chi connectivity index (χ1n) is 4.40. The lowest BCUT2D eigenvalue weighted by Gasteiger charge is -2.18. The van der Waals surface area contributed by atoms with Crippen LogP contribution >= 0.6 is 0 Å². The molecule has 72 valence electrons. The number of rotatable bonds is 1. The van der Waals surface area contributed by atoms with E-state index in [1.165, 1.54) is 0 Å². The average molecular weight is 190 g/mol. The molecule has 0 unspecified atom stereocenters. The number of nitrogens with one attached hydrogen (secondary N) is 1. The maximum absolute atomic E-state index is 11.4. The van der Waals surface area contributed by atoms with Crippen LogP contribution < -0.4 is 11.1 Å². The first-order valence-corrected chi connectivity index (χ1v) is 4.40. The van der Waals surface area contributed by atoms with Crippen LogP contribution in [0, 0.1) is 0 Å². The van der Waals surface area contributed by atoms with Crippen molar-refractivity contribution in [1.82, 2.24) is 5.32 Å². The molecule has 0 fully saturated rings. The lowest BCUT2D eigenvalue weighted by molar-refractivity contribution is 0.0946. The second-order valence-corrected chi connectivity index (χ2v) is 3.20. The van der Waals surface area contributed by atoms with Gasteiger partial charge in [0, 0.05) is 17.7 Å². The zero-order valence-electron chi connectivity index (χ0n) is 7.54. The molecule has 2 amide bonds. The van der Waals surface area contributed by atoms with Gasteiger partial charge in [-0.1, -0.05) is 6.07 Å². The van der Waals surface area contributed by atoms with Crippen molar-refractivity contribution in [2.24, 2.45) is 5.73 Å². The van der Waals surface area contributed by atoms with Gasteiger partial charge in [-0.2, -0.15) is 0 Å². The zero-order valence-corrected chi connectivity index (χ0v) is 7.54. The van der Waals surface area contributed by atoms with Crippen molar-refractivity contribution in [2.75, 3.05) is 6.54 Å². The Hall–Kier alpha value is -1.84. The molecule has 2 rings (SSSR count). The highest BCUT2D eigenvalue weighted by atomic mass is 16.2. The number of fused-ring (bicyclic) bond motifs is 1. The van der Waals surface area contributed by atoms with Crippen molar-refractivity contribution in [3.63, 3.8) is 0 Å². The number of carbonyl (C=O) groups excluding carboxylic acids is 2. The number of carbonyl (C=O) groups is 2. The number of amides is 2. The van der Waals surface area contributed by atoms with Gasteiger partial charge in [0.05, 0.1) is 0 Å². The molecular formula is C10H10N2O2. The van der Waals surface area contributed by atoms with Crippen molar-refractivity contribution in [2.45, 2.75) is 6.42 Å². The second-order valence-electron chi connectivity index (χ2n) is 3.20. The van der Waals surface area contributed by atoms with Crippen LogP contribution in [0.25, 0.3) is 0 Å². The summed E-state index contributed by atoms with van der Waals surface area (Å²) < 4.78 is 0. The highest BCUT2D eigenvalue weighted by Crippen LogP contribution is 2.17. The average Bonchev–Trinajstić information content (AvgIpc) is 2.17. The third-order valence-electron chi connectivity index (χ3n) is 2.35. The maximum Gasteiger partial charge on any atom is 0.251 e. The molecule has 3 N–H and O–H groups in total. The molecule has 0 saturated carbocycles. The summed E-state index contributed by atoms with van der Waals surface area (Å²) >= 11 is 0. The van der Waals surface area contributed by atoms with Gasteiger partial charge in [-0.3, -0.25) is 9.59 Å². The number of hydrogen-bond donors (Lipinski definition) is 2. The van der Waals surface area contributed by atoms with Crippen molar-refractivity contribution < 1.29 is 9.59 Å². The van der Waals surface area contributed by atoms with E-state index in [-0.39, 0.29) is 5.91 Å². The summed E-state index contributed by atoms with van der Waals surface area (Å²) in [5.41, 5.74) is 7.00. The van der Waals surface area contributed by atoms with Crippen molar-refractivity contribution in [3.05, 3.63) is 34.9 Å². The van der Waals surface area contributed by atoms with Gasteiger partial charge >= 0.3 is 0 Å². The van der Waals surface area contributed by atoms with Crippen LogP contribution in [0.3, 0.4) is 0 Å². The quantitative estimate of drug-likeness (QED) is 0.657. The Bertz CT molecular complexity index is 398. The topological polar surface area (TPSA) is 72.2 Å². The SMILES string of the molecule is NC(=O)c1cccc2c1CCNC2=O. The number of nitrogens with two attached hydrogens (primary N) is 1. The van der Waals surface area contributed by atoms with Gasteiger partial charge < -0.3 is 11.1 Å². The molecule has 0 saturated heterocycles. The first kappa shape index (κ1) is 8.74. The Labute approximate surface area is 81.1 Å². The van der Waals surface area contributed by atoms with Crippen LogP contribution in [-0.2, 0) is 6.42 Å². The van der Waals surface area contributed by atoms with E-state index in [1.807, 2.05) is 0 Å². The lowest BCUT2D eigenvalue weighted by Crippen LogP contribution is -2.33. The molecule has 1 aromatic rings. The van der Waals surface area contributed by atoms with Gasteiger partial charge in [0.25, 0.3) is 5.91 Å². The maximum atomic E-state index is 11.4. The summed E-state index contributed by atoms with van der Waals surface area (Å²) in [4.78, 5) is 22.5. The van der Waals surface area contributed by atoms with Crippen molar-refractivity contribution >= 4 is 11.8 Å².